The summed E-state index contributed by atoms with van der Waals surface area (Å²) < 4.78 is 10.8. The zero-order valence-electron chi connectivity index (χ0n) is 18.6. The standard InChI is InChI=1S/C26H38O4/c1-25-11-9-20-19-10-12-26(28,16-29-2)15-17(19)5-6-21(20)22(25)7-8-23(25)24(27)14-18-4-3-13-30-18/h3-4,13,17,19-23,28H,5-12,14-16H2,1-2H3/t17-,19-,20+,21+,22-,23+,25-,26+/m0/s1. The van der Waals surface area contributed by atoms with Crippen LogP contribution in [0.25, 0.3) is 0 Å². The summed E-state index contributed by atoms with van der Waals surface area (Å²) in [5.74, 6) is 5.10. The number of ether oxygens (including phenoxy) is 1. The molecule has 1 aromatic heterocycles. The molecule has 0 aromatic carbocycles. The van der Waals surface area contributed by atoms with Gasteiger partial charge in [-0.2, -0.15) is 0 Å². The van der Waals surface area contributed by atoms with Crippen LogP contribution in [0.5, 0.6) is 0 Å². The monoisotopic (exact) mass is 414 g/mol. The first-order valence-electron chi connectivity index (χ1n) is 12.2. The molecule has 4 saturated carbocycles. The van der Waals surface area contributed by atoms with Crippen molar-refractivity contribution in [3.8, 4) is 0 Å². The fraction of sp³-hybridized carbons (Fsp3) is 0.808. The van der Waals surface area contributed by atoms with Gasteiger partial charge in [0.1, 0.15) is 11.5 Å². The maximum atomic E-state index is 13.2. The van der Waals surface area contributed by atoms with Gasteiger partial charge < -0.3 is 14.3 Å². The molecule has 0 spiro atoms. The second kappa shape index (κ2) is 7.78. The predicted octanol–water partition coefficient (Wildman–Crippen LogP) is 5.04. The van der Waals surface area contributed by atoms with Crippen LogP contribution in [0.4, 0.5) is 0 Å². The molecule has 0 unspecified atom stereocenters. The summed E-state index contributed by atoms with van der Waals surface area (Å²) in [6, 6.07) is 3.81. The van der Waals surface area contributed by atoms with Gasteiger partial charge in [-0.15, -0.1) is 0 Å². The maximum Gasteiger partial charge on any atom is 0.144 e. The molecule has 0 saturated heterocycles. The molecule has 4 nitrogen and oxygen atoms in total. The fourth-order valence-electron chi connectivity index (χ4n) is 8.60. The van der Waals surface area contributed by atoms with Crippen molar-refractivity contribution < 1.29 is 19.1 Å². The molecule has 1 heterocycles. The number of aliphatic hydroxyl groups is 1. The Morgan fingerprint density at radius 1 is 1.13 bits per heavy atom. The molecule has 5 rings (SSSR count). The predicted molar refractivity (Wildman–Crippen MR) is 115 cm³/mol. The van der Waals surface area contributed by atoms with E-state index >= 15 is 0 Å². The lowest BCUT2D eigenvalue weighted by molar-refractivity contribution is -0.136. The second-order valence-electron chi connectivity index (χ2n) is 11.2. The Balaban J connectivity index is 1.29. The number of ketones is 1. The van der Waals surface area contributed by atoms with Crippen molar-refractivity contribution in [3.63, 3.8) is 0 Å². The van der Waals surface area contributed by atoms with Gasteiger partial charge >= 0.3 is 0 Å². The number of hydrogen-bond donors (Lipinski definition) is 1. The van der Waals surface area contributed by atoms with E-state index in [0.29, 0.717) is 30.6 Å². The van der Waals surface area contributed by atoms with Gasteiger partial charge in [0.2, 0.25) is 0 Å². The molecular weight excluding hydrogens is 376 g/mol. The highest BCUT2D eigenvalue weighted by Gasteiger charge is 2.58. The lowest BCUT2D eigenvalue weighted by Gasteiger charge is -2.57. The topological polar surface area (TPSA) is 59.7 Å². The van der Waals surface area contributed by atoms with Crippen molar-refractivity contribution in [1.29, 1.82) is 0 Å². The molecule has 4 heteroatoms. The lowest BCUT2D eigenvalue weighted by atomic mass is 9.49. The van der Waals surface area contributed by atoms with E-state index in [1.165, 1.54) is 32.1 Å². The number of fused-ring (bicyclic) bond motifs is 5. The van der Waals surface area contributed by atoms with Crippen molar-refractivity contribution >= 4 is 5.78 Å². The van der Waals surface area contributed by atoms with Crippen molar-refractivity contribution in [2.45, 2.75) is 76.7 Å². The average molecular weight is 415 g/mol. The minimum atomic E-state index is -0.608. The number of furan rings is 1. The van der Waals surface area contributed by atoms with Gasteiger partial charge in [-0.3, -0.25) is 4.79 Å². The van der Waals surface area contributed by atoms with Crippen LogP contribution < -0.4 is 0 Å². The molecule has 0 bridgehead atoms. The summed E-state index contributed by atoms with van der Waals surface area (Å²) in [5.41, 5.74) is -0.439. The summed E-state index contributed by atoms with van der Waals surface area (Å²) >= 11 is 0. The summed E-state index contributed by atoms with van der Waals surface area (Å²) in [7, 11) is 1.70. The minimum Gasteiger partial charge on any atom is -0.469 e. The molecule has 30 heavy (non-hydrogen) atoms. The minimum absolute atomic E-state index is 0.170. The number of Topliss-reactive ketones (excluding diaryl/α,β-unsaturated/α-hetero) is 1. The van der Waals surface area contributed by atoms with Crippen LogP contribution >= 0.6 is 0 Å². The molecule has 166 valence electrons. The third kappa shape index (κ3) is 3.39. The molecule has 0 amide bonds. The first kappa shape index (κ1) is 20.8. The van der Waals surface area contributed by atoms with E-state index in [2.05, 4.69) is 6.92 Å². The molecule has 0 radical (unpaired) electrons. The molecule has 4 fully saturated rings. The Labute approximate surface area is 180 Å². The van der Waals surface area contributed by atoms with Crippen LogP contribution in [0.1, 0.15) is 70.5 Å². The number of methoxy groups -OCH3 is 1. The first-order chi connectivity index (χ1) is 14.4. The Hall–Kier alpha value is -1.13. The van der Waals surface area contributed by atoms with Crippen LogP contribution in [0.2, 0.25) is 0 Å². The first-order valence-corrected chi connectivity index (χ1v) is 12.2. The molecule has 8 atom stereocenters. The van der Waals surface area contributed by atoms with E-state index in [1.54, 1.807) is 13.4 Å². The van der Waals surface area contributed by atoms with E-state index in [4.69, 9.17) is 9.15 Å². The Kier molecular flexibility index (Phi) is 5.38. The lowest BCUT2D eigenvalue weighted by Crippen LogP contribution is -2.52. The van der Waals surface area contributed by atoms with Crippen LogP contribution in [-0.4, -0.2) is 30.2 Å². The number of rotatable bonds is 5. The zero-order chi connectivity index (χ0) is 20.9. The third-order valence-corrected chi connectivity index (χ3v) is 9.83. The molecule has 1 N–H and O–H groups in total. The van der Waals surface area contributed by atoms with E-state index < -0.39 is 5.60 Å². The summed E-state index contributed by atoms with van der Waals surface area (Å²) in [6.07, 6.45) is 12.4. The van der Waals surface area contributed by atoms with E-state index in [1.807, 2.05) is 12.1 Å². The Morgan fingerprint density at radius 2 is 1.97 bits per heavy atom. The Bertz CT molecular complexity index is 757. The van der Waals surface area contributed by atoms with Gasteiger partial charge in [-0.05, 0) is 105 Å². The molecular formula is C26H38O4. The SMILES string of the molecule is COC[C@@]1(O)CC[C@H]2[C@@H](CC[C@@H]3[C@@H]2CC[C@]2(C)[C@@H](C(=O)Cc4ccco4)CC[C@@H]32)C1. The van der Waals surface area contributed by atoms with E-state index in [9.17, 15) is 9.90 Å². The smallest absolute Gasteiger partial charge is 0.144 e. The van der Waals surface area contributed by atoms with E-state index in [-0.39, 0.29) is 11.3 Å². The van der Waals surface area contributed by atoms with Gasteiger partial charge in [0.25, 0.3) is 0 Å². The van der Waals surface area contributed by atoms with Crippen molar-refractivity contribution in [2.75, 3.05) is 13.7 Å². The van der Waals surface area contributed by atoms with Crippen LogP contribution in [0, 0.1) is 40.9 Å². The molecule has 4 aliphatic rings. The van der Waals surface area contributed by atoms with Crippen molar-refractivity contribution in [1.82, 2.24) is 0 Å². The normalized spacial score (nSPS) is 45.4. The molecule has 1 aromatic rings. The van der Waals surface area contributed by atoms with Crippen LogP contribution in [0.15, 0.2) is 22.8 Å². The highest BCUT2D eigenvalue weighted by Crippen LogP contribution is 2.64. The highest BCUT2D eigenvalue weighted by molar-refractivity contribution is 5.84. The number of carbonyl (C=O) groups is 1. The molecule has 0 aliphatic heterocycles. The summed E-state index contributed by atoms with van der Waals surface area (Å²) in [6.45, 7) is 2.90. The van der Waals surface area contributed by atoms with Gasteiger partial charge in [-0.1, -0.05) is 6.92 Å². The Morgan fingerprint density at radius 3 is 2.73 bits per heavy atom. The second-order valence-corrected chi connectivity index (χ2v) is 11.2. The van der Waals surface area contributed by atoms with Crippen molar-refractivity contribution in [2.24, 2.45) is 40.9 Å². The highest BCUT2D eigenvalue weighted by atomic mass is 16.5. The number of carbonyl (C=O) groups excluding carboxylic acids is 1. The third-order valence-electron chi connectivity index (χ3n) is 9.83. The van der Waals surface area contributed by atoms with Gasteiger partial charge in [0.05, 0.1) is 24.9 Å². The van der Waals surface area contributed by atoms with Gasteiger partial charge in [0.15, 0.2) is 0 Å². The average Bonchev–Trinajstić information content (AvgIpc) is 3.34. The van der Waals surface area contributed by atoms with Gasteiger partial charge in [0, 0.05) is 13.0 Å². The number of hydrogen-bond acceptors (Lipinski definition) is 4. The summed E-state index contributed by atoms with van der Waals surface area (Å²) in [5, 5.41) is 10.9. The zero-order valence-corrected chi connectivity index (χ0v) is 18.6. The quantitative estimate of drug-likeness (QED) is 0.733. The van der Waals surface area contributed by atoms with E-state index in [0.717, 1.165) is 49.2 Å². The summed E-state index contributed by atoms with van der Waals surface area (Å²) in [4.78, 5) is 13.2. The van der Waals surface area contributed by atoms with Gasteiger partial charge in [-0.25, -0.2) is 0 Å². The maximum absolute atomic E-state index is 13.2. The largest absolute Gasteiger partial charge is 0.469 e. The van der Waals surface area contributed by atoms with Crippen LogP contribution in [-0.2, 0) is 16.0 Å². The molecule has 4 aliphatic carbocycles. The van der Waals surface area contributed by atoms with Crippen LogP contribution in [0.3, 0.4) is 0 Å². The fourth-order valence-corrected chi connectivity index (χ4v) is 8.60. The van der Waals surface area contributed by atoms with Crippen molar-refractivity contribution in [3.05, 3.63) is 24.2 Å².